The standard InChI is InChI=1S/C14H14ClNO3S/c1-19-13-5-3-2-4-10(13)9-20(17,18)14-8-11(16)6-7-12(14)15/h2-8H,9,16H2,1H3. The summed E-state index contributed by atoms with van der Waals surface area (Å²) in [5.41, 5.74) is 6.56. The molecule has 0 heterocycles. The fourth-order valence-corrected chi connectivity index (χ4v) is 3.82. The number of para-hydroxylation sites is 1. The van der Waals surface area contributed by atoms with E-state index in [-0.39, 0.29) is 15.7 Å². The van der Waals surface area contributed by atoms with Crippen LogP contribution in [0.5, 0.6) is 5.75 Å². The smallest absolute Gasteiger partial charge is 0.184 e. The van der Waals surface area contributed by atoms with Crippen molar-refractivity contribution < 1.29 is 13.2 Å². The molecule has 0 bridgehead atoms. The first kappa shape index (κ1) is 14.7. The number of nitrogens with two attached hydrogens (primary N) is 1. The Bertz CT molecular complexity index is 729. The molecule has 2 aromatic rings. The Morgan fingerprint density at radius 1 is 1.20 bits per heavy atom. The number of anilines is 1. The molecule has 0 aromatic heterocycles. The number of halogens is 1. The molecule has 2 rings (SSSR count). The molecule has 20 heavy (non-hydrogen) atoms. The number of methoxy groups -OCH3 is 1. The largest absolute Gasteiger partial charge is 0.496 e. The van der Waals surface area contributed by atoms with Gasteiger partial charge in [-0.1, -0.05) is 29.8 Å². The van der Waals surface area contributed by atoms with Crippen molar-refractivity contribution in [1.29, 1.82) is 0 Å². The van der Waals surface area contributed by atoms with Crippen molar-refractivity contribution in [2.75, 3.05) is 12.8 Å². The summed E-state index contributed by atoms with van der Waals surface area (Å²) in [6, 6.07) is 11.4. The average Bonchev–Trinajstić information content (AvgIpc) is 2.41. The highest BCUT2D eigenvalue weighted by molar-refractivity contribution is 7.90. The number of sulfone groups is 1. The van der Waals surface area contributed by atoms with Crippen LogP contribution < -0.4 is 10.5 Å². The molecule has 4 nitrogen and oxygen atoms in total. The van der Waals surface area contributed by atoms with Crippen LogP contribution in [0.25, 0.3) is 0 Å². The SMILES string of the molecule is COc1ccccc1CS(=O)(=O)c1cc(N)ccc1Cl. The summed E-state index contributed by atoms with van der Waals surface area (Å²) in [7, 11) is -2.09. The molecule has 106 valence electrons. The molecule has 0 saturated heterocycles. The number of nitrogen functional groups attached to an aromatic ring is 1. The van der Waals surface area contributed by atoms with E-state index in [2.05, 4.69) is 0 Å². The summed E-state index contributed by atoms with van der Waals surface area (Å²) in [6.45, 7) is 0. The van der Waals surface area contributed by atoms with Gasteiger partial charge in [0.2, 0.25) is 0 Å². The van der Waals surface area contributed by atoms with Gasteiger partial charge in [0.15, 0.2) is 9.84 Å². The highest BCUT2D eigenvalue weighted by atomic mass is 35.5. The predicted molar refractivity (Wildman–Crippen MR) is 79.7 cm³/mol. The summed E-state index contributed by atoms with van der Waals surface area (Å²) in [6.07, 6.45) is 0. The van der Waals surface area contributed by atoms with Gasteiger partial charge in [-0.25, -0.2) is 8.42 Å². The zero-order chi connectivity index (χ0) is 14.8. The van der Waals surface area contributed by atoms with E-state index in [0.717, 1.165) is 0 Å². The minimum absolute atomic E-state index is 0.0325. The maximum Gasteiger partial charge on any atom is 0.184 e. The predicted octanol–water partition coefficient (Wildman–Crippen LogP) is 2.90. The van der Waals surface area contributed by atoms with Crippen LogP contribution in [0.1, 0.15) is 5.56 Å². The van der Waals surface area contributed by atoms with E-state index in [0.29, 0.717) is 17.0 Å². The molecular weight excluding hydrogens is 298 g/mol. The quantitative estimate of drug-likeness (QED) is 0.881. The van der Waals surface area contributed by atoms with Gasteiger partial charge in [-0.2, -0.15) is 0 Å². The van der Waals surface area contributed by atoms with Gasteiger partial charge in [-0.15, -0.1) is 0 Å². The molecule has 0 saturated carbocycles. The Morgan fingerprint density at radius 3 is 2.60 bits per heavy atom. The molecule has 0 aliphatic heterocycles. The maximum absolute atomic E-state index is 12.4. The Morgan fingerprint density at radius 2 is 1.90 bits per heavy atom. The van der Waals surface area contributed by atoms with Crippen molar-refractivity contribution >= 4 is 27.1 Å². The normalized spacial score (nSPS) is 11.3. The molecule has 0 unspecified atom stereocenters. The summed E-state index contributed by atoms with van der Waals surface area (Å²) >= 11 is 5.95. The summed E-state index contributed by atoms with van der Waals surface area (Å²) in [4.78, 5) is 0.0325. The molecule has 2 N–H and O–H groups in total. The van der Waals surface area contributed by atoms with Crippen LogP contribution in [0.4, 0.5) is 5.69 Å². The lowest BCUT2D eigenvalue weighted by Crippen LogP contribution is -2.07. The second kappa shape index (κ2) is 5.73. The number of ether oxygens (including phenoxy) is 1. The fraction of sp³-hybridized carbons (Fsp3) is 0.143. The monoisotopic (exact) mass is 311 g/mol. The van der Waals surface area contributed by atoms with Gasteiger partial charge in [-0.3, -0.25) is 0 Å². The number of hydrogen-bond donors (Lipinski definition) is 1. The number of hydrogen-bond acceptors (Lipinski definition) is 4. The molecule has 0 spiro atoms. The lowest BCUT2D eigenvalue weighted by Gasteiger charge is -2.10. The Kier molecular flexibility index (Phi) is 4.20. The third-order valence-corrected chi connectivity index (χ3v) is 4.97. The Balaban J connectivity index is 2.43. The van der Waals surface area contributed by atoms with Crippen molar-refractivity contribution in [3.63, 3.8) is 0 Å². The van der Waals surface area contributed by atoms with Crippen LogP contribution in [0.15, 0.2) is 47.4 Å². The third-order valence-electron chi connectivity index (χ3n) is 2.83. The molecule has 0 radical (unpaired) electrons. The van der Waals surface area contributed by atoms with E-state index in [1.807, 2.05) is 0 Å². The Hall–Kier alpha value is -1.72. The molecule has 2 aromatic carbocycles. The Labute approximate surface area is 123 Å². The first-order valence-electron chi connectivity index (χ1n) is 5.84. The van der Waals surface area contributed by atoms with Gasteiger partial charge >= 0.3 is 0 Å². The average molecular weight is 312 g/mol. The van der Waals surface area contributed by atoms with Crippen LogP contribution in [0.3, 0.4) is 0 Å². The van der Waals surface area contributed by atoms with E-state index in [4.69, 9.17) is 22.1 Å². The van der Waals surface area contributed by atoms with Gasteiger partial charge in [0, 0.05) is 11.3 Å². The molecule has 0 aliphatic carbocycles. The third kappa shape index (κ3) is 3.05. The summed E-state index contributed by atoms with van der Waals surface area (Å²) in [5.74, 6) is 0.330. The van der Waals surface area contributed by atoms with Gasteiger partial charge in [0.05, 0.1) is 22.8 Å². The number of benzene rings is 2. The van der Waals surface area contributed by atoms with Crippen molar-refractivity contribution in [3.05, 3.63) is 53.1 Å². The van der Waals surface area contributed by atoms with Crippen molar-refractivity contribution in [3.8, 4) is 5.75 Å². The minimum Gasteiger partial charge on any atom is -0.496 e. The highest BCUT2D eigenvalue weighted by Crippen LogP contribution is 2.29. The molecule has 0 aliphatic rings. The van der Waals surface area contributed by atoms with E-state index < -0.39 is 9.84 Å². The summed E-state index contributed by atoms with van der Waals surface area (Å²) in [5, 5.41) is 0.161. The first-order valence-corrected chi connectivity index (χ1v) is 7.87. The van der Waals surface area contributed by atoms with Crippen molar-refractivity contribution in [2.24, 2.45) is 0 Å². The van der Waals surface area contributed by atoms with Crippen LogP contribution in [0, 0.1) is 0 Å². The van der Waals surface area contributed by atoms with Gasteiger partial charge in [-0.05, 0) is 24.3 Å². The minimum atomic E-state index is -3.59. The molecule has 0 atom stereocenters. The molecule has 0 amide bonds. The first-order chi connectivity index (χ1) is 9.44. The van der Waals surface area contributed by atoms with Crippen LogP contribution in [0.2, 0.25) is 5.02 Å². The lowest BCUT2D eigenvalue weighted by molar-refractivity contribution is 0.411. The van der Waals surface area contributed by atoms with E-state index >= 15 is 0 Å². The van der Waals surface area contributed by atoms with Crippen molar-refractivity contribution in [2.45, 2.75) is 10.6 Å². The molecular formula is C14H14ClNO3S. The number of rotatable bonds is 4. The topological polar surface area (TPSA) is 69.4 Å². The van der Waals surface area contributed by atoms with E-state index in [9.17, 15) is 8.42 Å². The van der Waals surface area contributed by atoms with Crippen LogP contribution >= 0.6 is 11.6 Å². The van der Waals surface area contributed by atoms with E-state index in [1.54, 1.807) is 30.3 Å². The van der Waals surface area contributed by atoms with Gasteiger partial charge in [0.1, 0.15) is 5.75 Å². The lowest BCUT2D eigenvalue weighted by atomic mass is 10.2. The second-order valence-electron chi connectivity index (χ2n) is 4.26. The van der Waals surface area contributed by atoms with Gasteiger partial charge < -0.3 is 10.5 Å². The maximum atomic E-state index is 12.4. The summed E-state index contributed by atoms with van der Waals surface area (Å²) < 4.78 is 30.1. The van der Waals surface area contributed by atoms with Gasteiger partial charge in [0.25, 0.3) is 0 Å². The second-order valence-corrected chi connectivity index (χ2v) is 6.63. The van der Waals surface area contributed by atoms with E-state index in [1.165, 1.54) is 19.2 Å². The fourth-order valence-electron chi connectivity index (χ4n) is 1.86. The zero-order valence-electron chi connectivity index (χ0n) is 10.8. The molecule has 6 heteroatoms. The van der Waals surface area contributed by atoms with Crippen LogP contribution in [-0.2, 0) is 15.6 Å². The van der Waals surface area contributed by atoms with Crippen LogP contribution in [-0.4, -0.2) is 15.5 Å². The zero-order valence-corrected chi connectivity index (χ0v) is 12.4. The highest BCUT2D eigenvalue weighted by Gasteiger charge is 2.20. The molecule has 0 fully saturated rings. The van der Waals surface area contributed by atoms with Crippen molar-refractivity contribution in [1.82, 2.24) is 0 Å².